The second kappa shape index (κ2) is 7.13. The fraction of sp³-hybridized carbons (Fsp3) is 0.308. The van der Waals surface area contributed by atoms with E-state index in [9.17, 15) is 14.4 Å². The highest BCUT2D eigenvalue weighted by Gasteiger charge is 2.11. The number of carbonyl (C=O) groups excluding carboxylic acids is 2. The van der Waals surface area contributed by atoms with Crippen LogP contribution in [-0.2, 0) is 9.53 Å². The topological polar surface area (TPSA) is 95.9 Å². The first-order valence-corrected chi connectivity index (χ1v) is 5.86. The van der Waals surface area contributed by atoms with Crippen molar-refractivity contribution < 1.29 is 24.2 Å². The lowest BCUT2D eigenvalue weighted by Gasteiger charge is -2.17. The van der Waals surface area contributed by atoms with E-state index >= 15 is 0 Å². The molecule has 7 heteroatoms. The summed E-state index contributed by atoms with van der Waals surface area (Å²) in [5.74, 6) is -1.47. The van der Waals surface area contributed by atoms with Crippen LogP contribution in [0.2, 0.25) is 0 Å². The Morgan fingerprint density at radius 3 is 2.65 bits per heavy atom. The zero-order chi connectivity index (χ0) is 15.1. The molecule has 0 atom stereocenters. The molecule has 0 unspecified atom stereocenters. The lowest BCUT2D eigenvalue weighted by Crippen LogP contribution is -2.33. The Morgan fingerprint density at radius 1 is 1.35 bits per heavy atom. The first-order valence-electron chi connectivity index (χ1n) is 5.86. The number of hydrogen-bond donors (Lipinski definition) is 2. The summed E-state index contributed by atoms with van der Waals surface area (Å²) in [6.45, 7) is 0.0951. The van der Waals surface area contributed by atoms with Crippen LogP contribution in [0, 0.1) is 0 Å². The number of anilines is 1. The van der Waals surface area contributed by atoms with Crippen LogP contribution >= 0.6 is 0 Å². The maximum atomic E-state index is 11.8. The van der Waals surface area contributed by atoms with E-state index in [0.717, 1.165) is 0 Å². The highest BCUT2D eigenvalue weighted by Crippen LogP contribution is 2.12. The predicted octanol–water partition coefficient (Wildman–Crippen LogP) is 1.41. The normalized spacial score (nSPS) is 9.70. The number of ether oxygens (including phenoxy) is 1. The Hall–Kier alpha value is -2.57. The summed E-state index contributed by atoms with van der Waals surface area (Å²) in [5, 5.41) is 11.1. The largest absolute Gasteiger partial charge is 0.481 e. The lowest BCUT2D eigenvalue weighted by atomic mass is 10.2. The lowest BCUT2D eigenvalue weighted by molar-refractivity contribution is -0.137. The van der Waals surface area contributed by atoms with E-state index in [1.807, 2.05) is 0 Å². The number of carboxylic acid groups (broad SMARTS) is 1. The van der Waals surface area contributed by atoms with Gasteiger partial charge in [0.25, 0.3) is 0 Å². The predicted molar refractivity (Wildman–Crippen MR) is 71.7 cm³/mol. The van der Waals surface area contributed by atoms with Crippen LogP contribution in [0.4, 0.5) is 10.5 Å². The molecule has 2 N–H and O–H groups in total. The van der Waals surface area contributed by atoms with Crippen molar-refractivity contribution >= 4 is 23.7 Å². The third kappa shape index (κ3) is 4.60. The fourth-order valence-corrected chi connectivity index (χ4v) is 1.43. The molecule has 20 heavy (non-hydrogen) atoms. The highest BCUT2D eigenvalue weighted by atomic mass is 16.5. The van der Waals surface area contributed by atoms with Crippen LogP contribution in [0.1, 0.15) is 16.8 Å². The molecule has 0 aliphatic heterocycles. The number of nitrogens with zero attached hydrogens (tertiary/aromatic N) is 1. The van der Waals surface area contributed by atoms with Crippen molar-refractivity contribution in [1.29, 1.82) is 0 Å². The second-order valence-electron chi connectivity index (χ2n) is 4.07. The summed E-state index contributed by atoms with van der Waals surface area (Å²) in [4.78, 5) is 34.8. The van der Waals surface area contributed by atoms with Crippen LogP contribution < -0.4 is 5.32 Å². The average molecular weight is 280 g/mol. The van der Waals surface area contributed by atoms with Gasteiger partial charge in [0, 0.05) is 19.3 Å². The van der Waals surface area contributed by atoms with E-state index in [1.54, 1.807) is 18.2 Å². The minimum atomic E-state index is -0.975. The average Bonchev–Trinajstić information content (AvgIpc) is 2.43. The SMILES string of the molecule is COC(=O)c1cccc(NC(=O)N(C)CCC(=O)O)c1. The van der Waals surface area contributed by atoms with Gasteiger partial charge in [0.05, 0.1) is 19.1 Å². The molecule has 1 rings (SSSR count). The molecule has 0 aromatic heterocycles. The molecule has 2 amide bonds. The van der Waals surface area contributed by atoms with Gasteiger partial charge in [-0.25, -0.2) is 9.59 Å². The van der Waals surface area contributed by atoms with Crippen molar-refractivity contribution in [3.05, 3.63) is 29.8 Å². The number of urea groups is 1. The van der Waals surface area contributed by atoms with Gasteiger partial charge in [-0.05, 0) is 18.2 Å². The van der Waals surface area contributed by atoms with Crippen molar-refractivity contribution in [2.45, 2.75) is 6.42 Å². The third-order valence-corrected chi connectivity index (χ3v) is 2.54. The molecule has 1 aromatic rings. The van der Waals surface area contributed by atoms with E-state index in [2.05, 4.69) is 10.1 Å². The molecule has 0 aliphatic carbocycles. The van der Waals surface area contributed by atoms with Crippen molar-refractivity contribution in [3.63, 3.8) is 0 Å². The zero-order valence-electron chi connectivity index (χ0n) is 11.3. The van der Waals surface area contributed by atoms with E-state index in [1.165, 1.54) is 25.1 Å². The Morgan fingerprint density at radius 2 is 2.05 bits per heavy atom. The summed E-state index contributed by atoms with van der Waals surface area (Å²) >= 11 is 0. The molecule has 1 aromatic carbocycles. The van der Waals surface area contributed by atoms with Gasteiger partial charge in [-0.3, -0.25) is 4.79 Å². The Kier molecular flexibility index (Phi) is 5.52. The third-order valence-electron chi connectivity index (χ3n) is 2.54. The number of carboxylic acids is 1. The summed E-state index contributed by atoms with van der Waals surface area (Å²) < 4.78 is 4.58. The summed E-state index contributed by atoms with van der Waals surface area (Å²) in [6, 6.07) is 5.83. The maximum absolute atomic E-state index is 11.8. The van der Waals surface area contributed by atoms with Crippen LogP contribution in [-0.4, -0.2) is 48.7 Å². The molecule has 0 aliphatic rings. The number of nitrogens with one attached hydrogen (secondary N) is 1. The Balaban J connectivity index is 2.66. The first kappa shape index (κ1) is 15.5. The molecule has 0 fully saturated rings. The fourth-order valence-electron chi connectivity index (χ4n) is 1.43. The number of methoxy groups -OCH3 is 1. The zero-order valence-corrected chi connectivity index (χ0v) is 11.3. The molecular weight excluding hydrogens is 264 g/mol. The molecule has 0 bridgehead atoms. The molecule has 7 nitrogen and oxygen atoms in total. The standard InChI is InChI=1S/C13H16N2O5/c1-15(7-6-11(16)17)13(19)14-10-5-3-4-9(8-10)12(18)20-2/h3-5,8H,6-7H2,1-2H3,(H,14,19)(H,16,17). The van der Waals surface area contributed by atoms with Crippen LogP contribution in [0.25, 0.3) is 0 Å². The molecule has 0 spiro atoms. The van der Waals surface area contributed by atoms with Crippen molar-refractivity contribution in [1.82, 2.24) is 4.90 Å². The smallest absolute Gasteiger partial charge is 0.337 e. The van der Waals surface area contributed by atoms with Gasteiger partial charge in [-0.15, -0.1) is 0 Å². The van der Waals surface area contributed by atoms with Gasteiger partial charge in [-0.1, -0.05) is 6.07 Å². The van der Waals surface area contributed by atoms with Crippen LogP contribution in [0.5, 0.6) is 0 Å². The molecular formula is C13H16N2O5. The van der Waals surface area contributed by atoms with Gasteiger partial charge in [0.1, 0.15) is 0 Å². The highest BCUT2D eigenvalue weighted by molar-refractivity contribution is 5.93. The van der Waals surface area contributed by atoms with Crippen molar-refractivity contribution in [2.24, 2.45) is 0 Å². The first-order chi connectivity index (χ1) is 9.43. The van der Waals surface area contributed by atoms with Crippen LogP contribution in [0.3, 0.4) is 0 Å². The van der Waals surface area contributed by atoms with E-state index in [-0.39, 0.29) is 13.0 Å². The summed E-state index contributed by atoms with van der Waals surface area (Å²) in [7, 11) is 2.76. The van der Waals surface area contributed by atoms with Gasteiger partial charge in [0.2, 0.25) is 0 Å². The Labute approximate surface area is 116 Å². The second-order valence-corrected chi connectivity index (χ2v) is 4.07. The van der Waals surface area contributed by atoms with Crippen LogP contribution in [0.15, 0.2) is 24.3 Å². The van der Waals surface area contributed by atoms with Crippen molar-refractivity contribution in [3.8, 4) is 0 Å². The minimum absolute atomic E-state index is 0.0951. The van der Waals surface area contributed by atoms with E-state index < -0.39 is 18.0 Å². The van der Waals surface area contributed by atoms with E-state index in [0.29, 0.717) is 11.3 Å². The molecule has 0 saturated heterocycles. The number of hydrogen-bond acceptors (Lipinski definition) is 4. The molecule has 0 heterocycles. The van der Waals surface area contributed by atoms with E-state index in [4.69, 9.17) is 5.11 Å². The Bertz CT molecular complexity index is 515. The van der Waals surface area contributed by atoms with Gasteiger partial charge < -0.3 is 20.1 Å². The number of rotatable bonds is 5. The number of benzene rings is 1. The maximum Gasteiger partial charge on any atom is 0.337 e. The molecule has 108 valence electrons. The van der Waals surface area contributed by atoms with Gasteiger partial charge >= 0.3 is 18.0 Å². The molecule has 0 radical (unpaired) electrons. The quantitative estimate of drug-likeness (QED) is 0.795. The van der Waals surface area contributed by atoms with Gasteiger partial charge in [0.15, 0.2) is 0 Å². The number of carbonyl (C=O) groups is 3. The number of esters is 1. The minimum Gasteiger partial charge on any atom is -0.481 e. The summed E-state index contributed by atoms with van der Waals surface area (Å²) in [6.07, 6.45) is -0.133. The number of aliphatic carboxylic acids is 1. The van der Waals surface area contributed by atoms with Gasteiger partial charge in [-0.2, -0.15) is 0 Å². The molecule has 0 saturated carbocycles. The number of amides is 2. The summed E-state index contributed by atoms with van der Waals surface area (Å²) in [5.41, 5.74) is 0.749. The van der Waals surface area contributed by atoms with Crippen molar-refractivity contribution in [2.75, 3.05) is 26.0 Å². The monoisotopic (exact) mass is 280 g/mol.